The van der Waals surface area contributed by atoms with Crippen LogP contribution < -0.4 is 0 Å². The first-order valence-corrected chi connectivity index (χ1v) is 8.73. The van der Waals surface area contributed by atoms with Gasteiger partial charge in [-0.05, 0) is 25.0 Å². The van der Waals surface area contributed by atoms with Crippen LogP contribution in [0.25, 0.3) is 0 Å². The zero-order chi connectivity index (χ0) is 17.7. The fourth-order valence-corrected chi connectivity index (χ4v) is 3.14. The zero-order valence-corrected chi connectivity index (χ0v) is 14.8. The molecule has 134 valence electrons. The minimum atomic E-state index is -0.751. The lowest BCUT2D eigenvalue weighted by Gasteiger charge is -2.44. The lowest BCUT2D eigenvalue weighted by Crippen LogP contribution is -2.56. The van der Waals surface area contributed by atoms with Crippen molar-refractivity contribution in [3.8, 4) is 0 Å². The van der Waals surface area contributed by atoms with Gasteiger partial charge in [-0.1, -0.05) is 60.7 Å². The summed E-state index contributed by atoms with van der Waals surface area (Å²) in [6.07, 6.45) is -0.828. The van der Waals surface area contributed by atoms with Crippen molar-refractivity contribution in [2.45, 2.75) is 51.0 Å². The Labute approximate surface area is 149 Å². The summed E-state index contributed by atoms with van der Waals surface area (Å²) in [4.78, 5) is 0. The van der Waals surface area contributed by atoms with E-state index in [1.165, 1.54) is 0 Å². The molecule has 1 fully saturated rings. The van der Waals surface area contributed by atoms with Crippen LogP contribution in [0.1, 0.15) is 25.0 Å². The van der Waals surface area contributed by atoms with E-state index in [1.807, 2.05) is 74.5 Å². The first-order chi connectivity index (χ1) is 12.0. The zero-order valence-electron chi connectivity index (χ0n) is 14.8. The van der Waals surface area contributed by atoms with Crippen LogP contribution in [-0.2, 0) is 27.2 Å². The molecule has 1 N–H and O–H groups in total. The maximum atomic E-state index is 10.7. The van der Waals surface area contributed by atoms with Gasteiger partial charge in [0.2, 0.25) is 0 Å². The minimum absolute atomic E-state index is 0.323. The molecule has 3 atom stereocenters. The highest BCUT2D eigenvalue weighted by Gasteiger charge is 2.42. The van der Waals surface area contributed by atoms with E-state index >= 15 is 0 Å². The summed E-state index contributed by atoms with van der Waals surface area (Å²) in [6.45, 7) is 4.58. The smallest absolute Gasteiger partial charge is 0.163 e. The van der Waals surface area contributed by atoms with Crippen molar-refractivity contribution < 1.29 is 19.3 Å². The average molecular weight is 342 g/mol. The number of rotatable bonds is 6. The number of ether oxygens (including phenoxy) is 3. The number of hydrogen-bond acceptors (Lipinski definition) is 4. The van der Waals surface area contributed by atoms with Gasteiger partial charge in [-0.15, -0.1) is 0 Å². The summed E-state index contributed by atoms with van der Waals surface area (Å²) in [5.41, 5.74) is 2.23. The van der Waals surface area contributed by atoms with Crippen molar-refractivity contribution in [1.29, 1.82) is 0 Å². The molecule has 0 saturated carbocycles. The molecule has 0 amide bonds. The summed E-state index contributed by atoms with van der Waals surface area (Å²) in [6, 6.07) is 20.0. The van der Waals surface area contributed by atoms with Crippen LogP contribution in [0.15, 0.2) is 60.7 Å². The van der Waals surface area contributed by atoms with Gasteiger partial charge in [0.1, 0.15) is 12.2 Å². The molecule has 2 aromatic rings. The Morgan fingerprint density at radius 3 is 2.08 bits per heavy atom. The Kier molecular flexibility index (Phi) is 5.86. The third-order valence-electron chi connectivity index (χ3n) is 4.31. The Balaban J connectivity index is 1.60. The van der Waals surface area contributed by atoms with Gasteiger partial charge in [-0.2, -0.15) is 0 Å². The Bertz CT molecular complexity index is 641. The molecule has 0 bridgehead atoms. The maximum absolute atomic E-state index is 10.7. The van der Waals surface area contributed by atoms with Crippen LogP contribution in [-0.4, -0.2) is 35.8 Å². The Morgan fingerprint density at radius 2 is 1.44 bits per heavy atom. The van der Waals surface area contributed by atoms with E-state index in [9.17, 15) is 5.11 Å². The van der Waals surface area contributed by atoms with Gasteiger partial charge >= 0.3 is 0 Å². The van der Waals surface area contributed by atoms with E-state index in [4.69, 9.17) is 14.2 Å². The standard InChI is InChI=1S/C21H26O4/c1-21(2)24-18(13-16-9-5-3-6-10-16)20(22)19(25-21)15-23-14-17-11-7-4-8-12-17/h3-12,18-20,22H,13-15H2,1-2H3/t18-,19-,20?/m0/s1. The molecule has 4 nitrogen and oxygen atoms in total. The van der Waals surface area contributed by atoms with Gasteiger partial charge in [0.25, 0.3) is 0 Å². The average Bonchev–Trinajstić information content (AvgIpc) is 2.60. The highest BCUT2D eigenvalue weighted by atomic mass is 16.7. The largest absolute Gasteiger partial charge is 0.388 e. The molecule has 1 saturated heterocycles. The molecule has 0 aliphatic carbocycles. The van der Waals surface area contributed by atoms with Crippen LogP contribution in [0.4, 0.5) is 0 Å². The van der Waals surface area contributed by atoms with Gasteiger partial charge in [-0.25, -0.2) is 0 Å². The topological polar surface area (TPSA) is 47.9 Å². The van der Waals surface area contributed by atoms with Crippen molar-refractivity contribution in [2.75, 3.05) is 6.61 Å². The van der Waals surface area contributed by atoms with E-state index in [0.29, 0.717) is 19.6 Å². The molecular weight excluding hydrogens is 316 g/mol. The van der Waals surface area contributed by atoms with E-state index in [0.717, 1.165) is 11.1 Å². The normalized spacial score (nSPS) is 25.6. The van der Waals surface area contributed by atoms with E-state index < -0.39 is 18.0 Å². The molecule has 4 heteroatoms. The molecule has 2 aromatic carbocycles. The molecule has 25 heavy (non-hydrogen) atoms. The van der Waals surface area contributed by atoms with E-state index in [-0.39, 0.29) is 6.10 Å². The van der Waals surface area contributed by atoms with Crippen LogP contribution in [0.5, 0.6) is 0 Å². The van der Waals surface area contributed by atoms with Gasteiger partial charge in [0.05, 0.1) is 19.3 Å². The summed E-state index contributed by atoms with van der Waals surface area (Å²) in [5.74, 6) is -0.751. The SMILES string of the molecule is CC1(C)O[C@@H](COCc2ccccc2)C(O)[C@H](Cc2ccccc2)O1. The van der Waals surface area contributed by atoms with Gasteiger partial charge in [0, 0.05) is 6.42 Å². The van der Waals surface area contributed by atoms with Crippen molar-refractivity contribution in [1.82, 2.24) is 0 Å². The molecule has 1 aliphatic rings. The number of benzene rings is 2. The monoisotopic (exact) mass is 342 g/mol. The molecule has 0 radical (unpaired) electrons. The Morgan fingerprint density at radius 1 is 0.880 bits per heavy atom. The number of hydrogen-bond donors (Lipinski definition) is 1. The highest BCUT2D eigenvalue weighted by molar-refractivity contribution is 5.16. The first kappa shape index (κ1) is 18.1. The van der Waals surface area contributed by atoms with Gasteiger partial charge < -0.3 is 19.3 Å². The van der Waals surface area contributed by atoms with Crippen molar-refractivity contribution in [2.24, 2.45) is 0 Å². The third kappa shape index (κ3) is 5.13. The predicted octanol–water partition coefficient (Wildman–Crippen LogP) is 3.33. The summed E-state index contributed by atoms with van der Waals surface area (Å²) >= 11 is 0. The number of aliphatic hydroxyl groups excluding tert-OH is 1. The van der Waals surface area contributed by atoms with Crippen molar-refractivity contribution in [3.05, 3.63) is 71.8 Å². The fourth-order valence-electron chi connectivity index (χ4n) is 3.14. The molecule has 1 unspecified atom stereocenters. The van der Waals surface area contributed by atoms with Crippen molar-refractivity contribution in [3.63, 3.8) is 0 Å². The predicted molar refractivity (Wildman–Crippen MR) is 96.1 cm³/mol. The van der Waals surface area contributed by atoms with Gasteiger partial charge in [-0.3, -0.25) is 0 Å². The van der Waals surface area contributed by atoms with Crippen LogP contribution >= 0.6 is 0 Å². The lowest BCUT2D eigenvalue weighted by molar-refractivity contribution is -0.337. The van der Waals surface area contributed by atoms with Crippen LogP contribution in [0.2, 0.25) is 0 Å². The third-order valence-corrected chi connectivity index (χ3v) is 4.31. The number of aliphatic hydroxyl groups is 1. The second-order valence-corrected chi connectivity index (χ2v) is 6.89. The van der Waals surface area contributed by atoms with E-state index in [1.54, 1.807) is 0 Å². The van der Waals surface area contributed by atoms with E-state index in [2.05, 4.69) is 0 Å². The molecule has 1 heterocycles. The summed E-state index contributed by atoms with van der Waals surface area (Å²) in [7, 11) is 0. The minimum Gasteiger partial charge on any atom is -0.388 e. The molecule has 0 spiro atoms. The van der Waals surface area contributed by atoms with Crippen molar-refractivity contribution >= 4 is 0 Å². The quantitative estimate of drug-likeness (QED) is 0.875. The molecular formula is C21H26O4. The first-order valence-electron chi connectivity index (χ1n) is 8.73. The Hall–Kier alpha value is -1.72. The lowest BCUT2D eigenvalue weighted by atomic mass is 9.98. The highest BCUT2D eigenvalue weighted by Crippen LogP contribution is 2.29. The second-order valence-electron chi connectivity index (χ2n) is 6.89. The van der Waals surface area contributed by atoms with Crippen LogP contribution in [0.3, 0.4) is 0 Å². The molecule has 3 rings (SSSR count). The maximum Gasteiger partial charge on any atom is 0.163 e. The molecule has 1 aliphatic heterocycles. The van der Waals surface area contributed by atoms with Gasteiger partial charge in [0.15, 0.2) is 5.79 Å². The summed E-state index contributed by atoms with van der Waals surface area (Å²) < 4.78 is 17.6. The fraction of sp³-hybridized carbons (Fsp3) is 0.429. The molecule has 0 aromatic heterocycles. The van der Waals surface area contributed by atoms with Crippen LogP contribution in [0, 0.1) is 0 Å². The second kappa shape index (κ2) is 8.11. The summed E-state index contributed by atoms with van der Waals surface area (Å²) in [5, 5.41) is 10.7.